The minimum absolute atomic E-state index is 0.0763. The standard InChI is InChI=1S/C13H19N3O2S2/c1-10(11-4-3-9-20-11)15-12-16(6-8-18-12)13(19)14-5-7-17-2/h3-4,9-10H,5-8H2,1-2H3,(H,14,19)/t10-/m0/s1. The third-order valence-electron chi connectivity index (χ3n) is 2.86. The molecule has 0 radical (unpaired) electrons. The molecule has 20 heavy (non-hydrogen) atoms. The number of amidine groups is 1. The zero-order chi connectivity index (χ0) is 14.4. The van der Waals surface area contributed by atoms with E-state index in [1.54, 1.807) is 18.4 Å². The Morgan fingerprint density at radius 3 is 3.25 bits per heavy atom. The lowest BCUT2D eigenvalue weighted by Crippen LogP contribution is -2.42. The highest BCUT2D eigenvalue weighted by molar-refractivity contribution is 7.80. The van der Waals surface area contributed by atoms with Gasteiger partial charge in [-0.15, -0.1) is 11.3 Å². The monoisotopic (exact) mass is 313 g/mol. The molecule has 1 N–H and O–H groups in total. The first-order chi connectivity index (χ1) is 9.72. The third-order valence-corrected chi connectivity index (χ3v) is 4.27. The molecular formula is C13H19N3O2S2. The first-order valence-electron chi connectivity index (χ1n) is 6.50. The van der Waals surface area contributed by atoms with Crippen molar-refractivity contribution >= 4 is 34.7 Å². The molecule has 0 aromatic carbocycles. The van der Waals surface area contributed by atoms with E-state index >= 15 is 0 Å². The fourth-order valence-electron chi connectivity index (χ4n) is 1.81. The van der Waals surface area contributed by atoms with Gasteiger partial charge in [-0.25, -0.2) is 4.99 Å². The summed E-state index contributed by atoms with van der Waals surface area (Å²) in [6.45, 7) is 4.70. The van der Waals surface area contributed by atoms with Crippen molar-refractivity contribution in [3.05, 3.63) is 22.4 Å². The Hall–Kier alpha value is -1.18. The van der Waals surface area contributed by atoms with E-state index < -0.39 is 0 Å². The maximum absolute atomic E-state index is 5.58. The molecule has 1 aliphatic heterocycles. The van der Waals surface area contributed by atoms with E-state index in [0.717, 1.165) is 6.54 Å². The topological polar surface area (TPSA) is 46.1 Å². The van der Waals surface area contributed by atoms with Gasteiger partial charge in [0.25, 0.3) is 6.02 Å². The van der Waals surface area contributed by atoms with Crippen LogP contribution in [-0.2, 0) is 9.47 Å². The van der Waals surface area contributed by atoms with Gasteiger partial charge in [-0.05, 0) is 30.6 Å². The fraction of sp³-hybridized carbons (Fsp3) is 0.538. The van der Waals surface area contributed by atoms with E-state index in [9.17, 15) is 0 Å². The van der Waals surface area contributed by atoms with Crippen molar-refractivity contribution in [3.63, 3.8) is 0 Å². The quantitative estimate of drug-likeness (QED) is 0.665. The molecule has 5 nitrogen and oxygen atoms in total. The summed E-state index contributed by atoms with van der Waals surface area (Å²) in [5.41, 5.74) is 0. The van der Waals surface area contributed by atoms with Crippen LogP contribution in [0.25, 0.3) is 0 Å². The molecular weight excluding hydrogens is 294 g/mol. The van der Waals surface area contributed by atoms with Gasteiger partial charge in [0.15, 0.2) is 5.11 Å². The predicted molar refractivity (Wildman–Crippen MR) is 85.3 cm³/mol. The van der Waals surface area contributed by atoms with E-state index in [2.05, 4.69) is 28.7 Å². The second kappa shape index (κ2) is 7.56. The van der Waals surface area contributed by atoms with Gasteiger partial charge in [0.05, 0.1) is 19.2 Å². The average molecular weight is 313 g/mol. The first-order valence-corrected chi connectivity index (χ1v) is 7.79. The maximum Gasteiger partial charge on any atom is 0.294 e. The zero-order valence-electron chi connectivity index (χ0n) is 11.7. The summed E-state index contributed by atoms with van der Waals surface area (Å²) in [5, 5.41) is 5.83. The maximum atomic E-state index is 5.58. The van der Waals surface area contributed by atoms with E-state index in [0.29, 0.717) is 30.9 Å². The molecule has 2 rings (SSSR count). The largest absolute Gasteiger partial charge is 0.463 e. The van der Waals surface area contributed by atoms with Gasteiger partial charge >= 0.3 is 0 Å². The molecule has 0 amide bonds. The number of thiocarbonyl (C=S) groups is 1. The minimum atomic E-state index is 0.0763. The summed E-state index contributed by atoms with van der Waals surface area (Å²) in [6, 6.07) is 4.78. The predicted octanol–water partition coefficient (Wildman–Crippen LogP) is 2.02. The second-order valence-corrected chi connectivity index (χ2v) is 5.69. The second-order valence-electron chi connectivity index (χ2n) is 4.33. The van der Waals surface area contributed by atoms with Gasteiger partial charge in [-0.1, -0.05) is 6.07 Å². The van der Waals surface area contributed by atoms with Crippen LogP contribution in [0, 0.1) is 0 Å². The fourth-order valence-corrected chi connectivity index (χ4v) is 2.80. The number of nitrogens with one attached hydrogen (secondary N) is 1. The van der Waals surface area contributed by atoms with E-state index in [-0.39, 0.29) is 6.04 Å². The van der Waals surface area contributed by atoms with Crippen LogP contribution in [0.4, 0.5) is 0 Å². The number of rotatable bonds is 5. The number of thiophene rings is 1. The molecule has 0 unspecified atom stereocenters. The van der Waals surface area contributed by atoms with E-state index in [4.69, 9.17) is 21.7 Å². The molecule has 0 bridgehead atoms. The zero-order valence-corrected chi connectivity index (χ0v) is 13.3. The lowest BCUT2D eigenvalue weighted by Gasteiger charge is -2.19. The molecule has 1 atom stereocenters. The van der Waals surface area contributed by atoms with Crippen LogP contribution in [0.5, 0.6) is 0 Å². The van der Waals surface area contributed by atoms with Crippen LogP contribution < -0.4 is 5.32 Å². The molecule has 1 aromatic heterocycles. The summed E-state index contributed by atoms with van der Waals surface area (Å²) in [7, 11) is 1.67. The summed E-state index contributed by atoms with van der Waals surface area (Å²) in [4.78, 5) is 7.73. The Bertz CT molecular complexity index is 462. The molecule has 1 saturated heterocycles. The van der Waals surface area contributed by atoms with Gasteiger partial charge < -0.3 is 14.8 Å². The number of aliphatic imine (C=N–C) groups is 1. The van der Waals surface area contributed by atoms with Crippen LogP contribution in [0.15, 0.2) is 22.5 Å². The molecule has 0 saturated carbocycles. The van der Waals surface area contributed by atoms with Crippen LogP contribution in [0.2, 0.25) is 0 Å². The highest BCUT2D eigenvalue weighted by Gasteiger charge is 2.25. The smallest absolute Gasteiger partial charge is 0.294 e. The van der Waals surface area contributed by atoms with Crippen molar-refractivity contribution in [2.24, 2.45) is 4.99 Å². The highest BCUT2D eigenvalue weighted by atomic mass is 32.1. The third kappa shape index (κ3) is 3.91. The van der Waals surface area contributed by atoms with Crippen LogP contribution in [-0.4, -0.2) is 49.4 Å². The Kier molecular flexibility index (Phi) is 5.75. The molecule has 0 aliphatic carbocycles. The molecule has 1 aliphatic rings. The van der Waals surface area contributed by atoms with Crippen molar-refractivity contribution in [1.82, 2.24) is 10.2 Å². The molecule has 110 valence electrons. The van der Waals surface area contributed by atoms with Crippen molar-refractivity contribution < 1.29 is 9.47 Å². The van der Waals surface area contributed by atoms with Crippen LogP contribution in [0.1, 0.15) is 17.8 Å². The van der Waals surface area contributed by atoms with Crippen molar-refractivity contribution in [3.8, 4) is 0 Å². The van der Waals surface area contributed by atoms with Gasteiger partial charge in [-0.3, -0.25) is 4.90 Å². The minimum Gasteiger partial charge on any atom is -0.463 e. The number of hydrogen-bond donors (Lipinski definition) is 1. The lowest BCUT2D eigenvalue weighted by molar-refractivity contribution is 0.203. The molecule has 1 fully saturated rings. The molecule has 0 spiro atoms. The number of methoxy groups -OCH3 is 1. The van der Waals surface area contributed by atoms with Gasteiger partial charge in [0.2, 0.25) is 0 Å². The van der Waals surface area contributed by atoms with Crippen LogP contribution in [0.3, 0.4) is 0 Å². The first kappa shape index (κ1) is 15.2. The number of hydrogen-bond acceptors (Lipinski definition) is 5. The Balaban J connectivity index is 1.97. The SMILES string of the molecule is COCCNC(=S)N1CCOC1=N[C@@H](C)c1cccs1. The highest BCUT2D eigenvalue weighted by Crippen LogP contribution is 2.23. The molecule has 1 aromatic rings. The summed E-state index contributed by atoms with van der Waals surface area (Å²) in [5.74, 6) is 0. The molecule has 7 heteroatoms. The van der Waals surface area contributed by atoms with Gasteiger partial charge in [0.1, 0.15) is 6.61 Å². The van der Waals surface area contributed by atoms with Crippen LogP contribution >= 0.6 is 23.6 Å². The van der Waals surface area contributed by atoms with Gasteiger partial charge in [0, 0.05) is 18.5 Å². The van der Waals surface area contributed by atoms with Gasteiger partial charge in [-0.2, -0.15) is 0 Å². The average Bonchev–Trinajstić information content (AvgIpc) is 3.09. The van der Waals surface area contributed by atoms with E-state index in [1.807, 2.05) is 11.0 Å². The summed E-state index contributed by atoms with van der Waals surface area (Å²) < 4.78 is 10.6. The Morgan fingerprint density at radius 1 is 1.70 bits per heavy atom. The summed E-state index contributed by atoms with van der Waals surface area (Å²) in [6.07, 6.45) is 0. The van der Waals surface area contributed by atoms with E-state index in [1.165, 1.54) is 4.88 Å². The van der Waals surface area contributed by atoms with Crippen molar-refractivity contribution in [2.75, 3.05) is 33.4 Å². The lowest BCUT2D eigenvalue weighted by atomic mass is 10.3. The van der Waals surface area contributed by atoms with Crippen molar-refractivity contribution in [2.45, 2.75) is 13.0 Å². The molecule has 2 heterocycles. The van der Waals surface area contributed by atoms with Crippen molar-refractivity contribution in [1.29, 1.82) is 0 Å². The Labute approximate surface area is 128 Å². The summed E-state index contributed by atoms with van der Waals surface area (Å²) >= 11 is 7.05. The Morgan fingerprint density at radius 2 is 2.55 bits per heavy atom. The number of ether oxygens (including phenoxy) is 2. The normalized spacial score (nSPS) is 18.1. The number of nitrogens with zero attached hydrogens (tertiary/aromatic N) is 2.